The molecule has 154 valence electrons. The molecule has 2 heterocycles. The van der Waals surface area contributed by atoms with Crippen molar-refractivity contribution in [1.82, 2.24) is 20.2 Å². The number of aromatic amines is 1. The smallest absolute Gasteiger partial charge is 0.277 e. The van der Waals surface area contributed by atoms with Crippen LogP contribution in [-0.4, -0.2) is 38.9 Å². The molecule has 0 aliphatic carbocycles. The van der Waals surface area contributed by atoms with E-state index in [2.05, 4.69) is 25.5 Å². The van der Waals surface area contributed by atoms with Gasteiger partial charge < -0.3 is 19.5 Å². The summed E-state index contributed by atoms with van der Waals surface area (Å²) in [6.07, 6.45) is 1.23. The van der Waals surface area contributed by atoms with E-state index in [0.717, 1.165) is 22.4 Å². The molecule has 30 heavy (non-hydrogen) atoms. The van der Waals surface area contributed by atoms with E-state index in [-0.39, 0.29) is 11.7 Å². The molecular formula is C21H21N5O3S. The number of nitrogens with one attached hydrogen (secondary N) is 2. The molecule has 0 spiro atoms. The van der Waals surface area contributed by atoms with Gasteiger partial charge in [0.15, 0.2) is 0 Å². The zero-order valence-corrected chi connectivity index (χ0v) is 17.5. The Kier molecular flexibility index (Phi) is 5.99. The monoisotopic (exact) mass is 423 g/mol. The zero-order chi connectivity index (χ0) is 20.9. The van der Waals surface area contributed by atoms with Crippen LogP contribution in [0.3, 0.4) is 0 Å². The van der Waals surface area contributed by atoms with Gasteiger partial charge in [-0.05, 0) is 36.8 Å². The fourth-order valence-electron chi connectivity index (χ4n) is 2.98. The van der Waals surface area contributed by atoms with Crippen LogP contribution in [0.25, 0.3) is 11.0 Å². The Bertz CT molecular complexity index is 1140. The fraction of sp³-hybridized carbons (Fsp3) is 0.238. The molecule has 0 saturated heterocycles. The molecule has 0 fully saturated rings. The third-order valence-corrected chi connectivity index (χ3v) is 5.24. The minimum absolute atomic E-state index is 0.155. The molecule has 2 aromatic heterocycles. The van der Waals surface area contributed by atoms with E-state index in [0.29, 0.717) is 35.4 Å². The lowest BCUT2D eigenvalue weighted by atomic mass is 10.2. The summed E-state index contributed by atoms with van der Waals surface area (Å²) in [7, 11) is 1.57. The van der Waals surface area contributed by atoms with Crippen molar-refractivity contribution in [1.29, 1.82) is 0 Å². The molecule has 2 aromatic carbocycles. The van der Waals surface area contributed by atoms with E-state index < -0.39 is 0 Å². The molecule has 0 saturated carbocycles. The van der Waals surface area contributed by atoms with Gasteiger partial charge in [0, 0.05) is 12.8 Å². The van der Waals surface area contributed by atoms with Crippen molar-refractivity contribution in [2.75, 3.05) is 18.2 Å². The summed E-state index contributed by atoms with van der Waals surface area (Å²) < 4.78 is 10.9. The number of hydrogen-bond acceptors (Lipinski definition) is 7. The van der Waals surface area contributed by atoms with E-state index >= 15 is 0 Å². The van der Waals surface area contributed by atoms with E-state index in [1.807, 2.05) is 49.4 Å². The van der Waals surface area contributed by atoms with Gasteiger partial charge in [-0.15, -0.1) is 10.2 Å². The number of carbonyl (C=O) groups excluding carboxylic acids is 1. The number of H-pyrrole nitrogens is 1. The number of hydrogen-bond donors (Lipinski definition) is 2. The van der Waals surface area contributed by atoms with Crippen LogP contribution in [0.5, 0.6) is 5.75 Å². The second-order valence-corrected chi connectivity index (χ2v) is 7.63. The van der Waals surface area contributed by atoms with Crippen molar-refractivity contribution in [3.63, 3.8) is 0 Å². The van der Waals surface area contributed by atoms with Crippen LogP contribution in [0, 0.1) is 6.92 Å². The highest BCUT2D eigenvalue weighted by Gasteiger charge is 2.13. The third-order valence-electron chi connectivity index (χ3n) is 4.42. The molecule has 8 nitrogen and oxygen atoms in total. The molecule has 0 unspecified atom stereocenters. The van der Waals surface area contributed by atoms with Crippen LogP contribution in [0.4, 0.5) is 5.69 Å². The number of nitrogens with zero attached hydrogens (tertiary/aromatic N) is 3. The minimum atomic E-state index is -0.175. The van der Waals surface area contributed by atoms with Gasteiger partial charge in [0.25, 0.3) is 5.22 Å². The summed E-state index contributed by atoms with van der Waals surface area (Å²) >= 11 is 1.20. The number of benzene rings is 2. The summed E-state index contributed by atoms with van der Waals surface area (Å²) in [4.78, 5) is 20.1. The second kappa shape index (κ2) is 9.00. The zero-order valence-electron chi connectivity index (χ0n) is 16.6. The lowest BCUT2D eigenvalue weighted by Gasteiger charge is -2.10. The van der Waals surface area contributed by atoms with Gasteiger partial charge in [0.1, 0.15) is 11.6 Å². The fourth-order valence-corrected chi connectivity index (χ4v) is 3.56. The number of rotatable bonds is 8. The van der Waals surface area contributed by atoms with Crippen molar-refractivity contribution in [2.45, 2.75) is 25.0 Å². The van der Waals surface area contributed by atoms with Crippen molar-refractivity contribution >= 4 is 34.4 Å². The normalized spacial score (nSPS) is 11.0. The number of aromatic nitrogens is 4. The summed E-state index contributed by atoms with van der Waals surface area (Å²) in [5.41, 5.74) is 3.61. The van der Waals surface area contributed by atoms with Crippen LogP contribution in [0.15, 0.2) is 52.1 Å². The Hall–Kier alpha value is -3.33. The van der Waals surface area contributed by atoms with Crippen molar-refractivity contribution in [3.8, 4) is 5.75 Å². The number of amides is 1. The lowest BCUT2D eigenvalue weighted by Crippen LogP contribution is -2.14. The van der Waals surface area contributed by atoms with Gasteiger partial charge in [-0.2, -0.15) is 0 Å². The molecule has 0 aliphatic heterocycles. The van der Waals surface area contributed by atoms with Crippen LogP contribution in [0.2, 0.25) is 0 Å². The van der Waals surface area contributed by atoms with Gasteiger partial charge in [-0.3, -0.25) is 4.79 Å². The highest BCUT2D eigenvalue weighted by molar-refractivity contribution is 7.99. The number of aryl methyl sites for hydroxylation is 3. The molecule has 1 amide bonds. The molecule has 9 heteroatoms. The highest BCUT2D eigenvalue weighted by atomic mass is 32.2. The number of thioether (sulfide) groups is 1. The summed E-state index contributed by atoms with van der Waals surface area (Å²) in [6.45, 7) is 1.95. The number of anilines is 1. The number of fused-ring (bicyclic) bond motifs is 1. The largest absolute Gasteiger partial charge is 0.495 e. The summed E-state index contributed by atoms with van der Waals surface area (Å²) in [5.74, 6) is 1.98. The minimum Gasteiger partial charge on any atom is -0.495 e. The summed E-state index contributed by atoms with van der Waals surface area (Å²) in [6, 6.07) is 13.5. The highest BCUT2D eigenvalue weighted by Crippen LogP contribution is 2.26. The SMILES string of the molecule is COc1ccc(C)cc1NC(=O)CSc1nnc(CCc2nc3ccccc3[nH]2)o1. The van der Waals surface area contributed by atoms with E-state index in [1.165, 1.54) is 11.8 Å². The standard InChI is InChI=1S/C21H21N5O3S/c1-13-7-8-17(28-2)16(11-13)24-19(27)12-30-21-26-25-20(29-21)10-9-18-22-14-5-3-4-6-15(14)23-18/h3-8,11H,9-10,12H2,1-2H3,(H,22,23)(H,24,27). The Morgan fingerprint density at radius 1 is 1.20 bits per heavy atom. The van der Waals surface area contributed by atoms with Gasteiger partial charge in [0.2, 0.25) is 11.8 Å². The van der Waals surface area contributed by atoms with Crippen LogP contribution >= 0.6 is 11.8 Å². The molecule has 0 bridgehead atoms. The number of carbonyl (C=O) groups is 1. The van der Waals surface area contributed by atoms with Crippen LogP contribution in [-0.2, 0) is 17.6 Å². The first-order chi connectivity index (χ1) is 14.6. The van der Waals surface area contributed by atoms with Crippen molar-refractivity contribution < 1.29 is 13.9 Å². The Morgan fingerprint density at radius 2 is 2.07 bits per heavy atom. The van der Waals surface area contributed by atoms with Crippen LogP contribution in [0.1, 0.15) is 17.3 Å². The topological polar surface area (TPSA) is 106 Å². The first-order valence-electron chi connectivity index (χ1n) is 9.44. The first kappa shape index (κ1) is 20.0. The number of ether oxygens (including phenoxy) is 1. The molecular weight excluding hydrogens is 402 g/mol. The maximum Gasteiger partial charge on any atom is 0.277 e. The second-order valence-electron chi connectivity index (χ2n) is 6.70. The van der Waals surface area contributed by atoms with Gasteiger partial charge in [-0.1, -0.05) is 30.0 Å². The predicted octanol–water partition coefficient (Wildman–Crippen LogP) is 3.78. The molecule has 4 aromatic rings. The maximum atomic E-state index is 12.3. The molecule has 0 aliphatic rings. The number of imidazole rings is 1. The van der Waals surface area contributed by atoms with Gasteiger partial charge in [-0.25, -0.2) is 4.98 Å². The number of para-hydroxylation sites is 2. The molecule has 0 radical (unpaired) electrons. The van der Waals surface area contributed by atoms with Crippen LogP contribution < -0.4 is 10.1 Å². The lowest BCUT2D eigenvalue weighted by molar-refractivity contribution is -0.113. The van der Waals surface area contributed by atoms with Gasteiger partial charge in [0.05, 0.1) is 29.6 Å². The average molecular weight is 423 g/mol. The molecule has 2 N–H and O–H groups in total. The predicted molar refractivity (Wildman–Crippen MR) is 115 cm³/mol. The molecule has 4 rings (SSSR count). The summed E-state index contributed by atoms with van der Waals surface area (Å²) in [5, 5.41) is 11.3. The van der Waals surface area contributed by atoms with E-state index in [4.69, 9.17) is 9.15 Å². The molecule has 0 atom stereocenters. The van der Waals surface area contributed by atoms with E-state index in [1.54, 1.807) is 7.11 Å². The Labute approximate surface area is 177 Å². The first-order valence-corrected chi connectivity index (χ1v) is 10.4. The Morgan fingerprint density at radius 3 is 2.90 bits per heavy atom. The maximum absolute atomic E-state index is 12.3. The number of methoxy groups -OCH3 is 1. The Balaban J connectivity index is 1.29. The van der Waals surface area contributed by atoms with Gasteiger partial charge >= 0.3 is 0 Å². The third kappa shape index (κ3) is 4.80. The van der Waals surface area contributed by atoms with E-state index in [9.17, 15) is 4.79 Å². The van der Waals surface area contributed by atoms with Crippen molar-refractivity contribution in [3.05, 3.63) is 59.7 Å². The van der Waals surface area contributed by atoms with Crippen molar-refractivity contribution in [2.24, 2.45) is 0 Å². The quantitative estimate of drug-likeness (QED) is 0.415. The average Bonchev–Trinajstić information content (AvgIpc) is 3.37.